The second-order valence-corrected chi connectivity index (χ2v) is 4.96. The van der Waals surface area contributed by atoms with Crippen LogP contribution < -0.4 is 16.6 Å². The van der Waals surface area contributed by atoms with Crippen LogP contribution in [-0.2, 0) is 11.2 Å². The number of aryl methyl sites for hydroxylation is 1. The molecule has 0 saturated carbocycles. The maximum Gasteiger partial charge on any atom is 0.224 e. The highest BCUT2D eigenvalue weighted by Crippen LogP contribution is 2.31. The molecule has 1 amide bonds. The van der Waals surface area contributed by atoms with Gasteiger partial charge in [-0.3, -0.25) is 4.79 Å². The summed E-state index contributed by atoms with van der Waals surface area (Å²) in [6, 6.07) is 5.97. The number of nitrogens with zero attached hydrogens (tertiary/aromatic N) is 1. The Balaban J connectivity index is 1.97. The van der Waals surface area contributed by atoms with Gasteiger partial charge in [-0.1, -0.05) is 0 Å². The molecule has 5 nitrogen and oxygen atoms in total. The van der Waals surface area contributed by atoms with Gasteiger partial charge in [-0.05, 0) is 30.2 Å². The molecule has 2 aromatic rings. The lowest BCUT2D eigenvalue weighted by Gasteiger charge is -2.17. The Labute approximate surface area is 108 Å². The zero-order valence-electron chi connectivity index (χ0n) is 9.56. The summed E-state index contributed by atoms with van der Waals surface area (Å²) in [5.74, 6) is 6.06. The van der Waals surface area contributed by atoms with E-state index in [1.807, 2.05) is 17.5 Å². The topological polar surface area (TPSA) is 80.0 Å². The number of nitrogen functional groups attached to an aromatic ring is 1. The molecule has 0 saturated heterocycles. The second-order valence-electron chi connectivity index (χ2n) is 4.10. The number of thiazole rings is 1. The smallest absolute Gasteiger partial charge is 0.224 e. The first-order valence-electron chi connectivity index (χ1n) is 5.61. The number of fused-ring (bicyclic) bond motifs is 1. The number of rotatable bonds is 2. The van der Waals surface area contributed by atoms with Crippen LogP contribution in [-0.4, -0.2) is 10.9 Å². The number of amides is 1. The summed E-state index contributed by atoms with van der Waals surface area (Å²) < 4.78 is 0. The van der Waals surface area contributed by atoms with Gasteiger partial charge in [0.25, 0.3) is 0 Å². The van der Waals surface area contributed by atoms with E-state index in [1.165, 1.54) is 11.3 Å². The lowest BCUT2D eigenvalue weighted by Crippen LogP contribution is -2.18. The third-order valence-electron chi connectivity index (χ3n) is 2.90. The van der Waals surface area contributed by atoms with Crippen molar-refractivity contribution in [2.45, 2.75) is 12.8 Å². The van der Waals surface area contributed by atoms with Crippen LogP contribution in [0.4, 0.5) is 11.5 Å². The van der Waals surface area contributed by atoms with Crippen molar-refractivity contribution in [1.82, 2.24) is 4.98 Å². The molecule has 0 radical (unpaired) electrons. The normalized spacial score (nSPS) is 13.9. The number of nitrogens with two attached hydrogens (primary N) is 1. The maximum atomic E-state index is 11.3. The standard InChI is InChI=1S/C12H12N4OS/c13-16-10-6-18-12(15-10)8-1-3-9-7(5-8)2-4-11(17)14-9/h1,3,5-6,16H,2,4,13H2,(H,14,17). The first-order valence-corrected chi connectivity index (χ1v) is 6.49. The summed E-state index contributed by atoms with van der Waals surface area (Å²) in [5.41, 5.74) is 5.64. The fourth-order valence-electron chi connectivity index (χ4n) is 1.99. The Morgan fingerprint density at radius 1 is 1.39 bits per heavy atom. The molecule has 1 aliphatic rings. The van der Waals surface area contributed by atoms with Gasteiger partial charge in [0.2, 0.25) is 5.91 Å². The number of aromatic nitrogens is 1. The van der Waals surface area contributed by atoms with Crippen LogP contribution >= 0.6 is 11.3 Å². The van der Waals surface area contributed by atoms with Crippen molar-refractivity contribution in [1.29, 1.82) is 0 Å². The van der Waals surface area contributed by atoms with Crippen LogP contribution in [0.25, 0.3) is 10.6 Å². The van der Waals surface area contributed by atoms with Crippen LogP contribution in [0.3, 0.4) is 0 Å². The first-order chi connectivity index (χ1) is 8.76. The molecule has 18 heavy (non-hydrogen) atoms. The van der Waals surface area contributed by atoms with Crippen molar-refractivity contribution in [2.24, 2.45) is 5.84 Å². The van der Waals surface area contributed by atoms with Crippen molar-refractivity contribution < 1.29 is 4.79 Å². The summed E-state index contributed by atoms with van der Waals surface area (Å²) in [5, 5.41) is 5.66. The molecule has 0 atom stereocenters. The van der Waals surface area contributed by atoms with Crippen molar-refractivity contribution in [3.8, 4) is 10.6 Å². The fraction of sp³-hybridized carbons (Fsp3) is 0.167. The Morgan fingerprint density at radius 2 is 2.28 bits per heavy atom. The predicted octanol–water partition coefficient (Wildman–Crippen LogP) is 1.98. The van der Waals surface area contributed by atoms with Gasteiger partial charge in [0.1, 0.15) is 5.01 Å². The maximum absolute atomic E-state index is 11.3. The Bertz CT molecular complexity index is 608. The second kappa shape index (κ2) is 4.40. The van der Waals surface area contributed by atoms with Gasteiger partial charge >= 0.3 is 0 Å². The zero-order chi connectivity index (χ0) is 12.5. The number of anilines is 2. The van der Waals surface area contributed by atoms with Gasteiger partial charge < -0.3 is 10.7 Å². The summed E-state index contributed by atoms with van der Waals surface area (Å²) in [4.78, 5) is 15.6. The quantitative estimate of drug-likeness (QED) is 0.570. The molecule has 1 aromatic heterocycles. The van der Waals surface area contributed by atoms with Crippen LogP contribution in [0.1, 0.15) is 12.0 Å². The lowest BCUT2D eigenvalue weighted by atomic mass is 10.0. The number of hydrogen-bond donors (Lipinski definition) is 3. The van der Waals surface area contributed by atoms with E-state index in [2.05, 4.69) is 21.8 Å². The summed E-state index contributed by atoms with van der Waals surface area (Å²) in [6.45, 7) is 0. The van der Waals surface area contributed by atoms with Crippen molar-refractivity contribution in [3.05, 3.63) is 29.1 Å². The van der Waals surface area contributed by atoms with Crippen LogP contribution in [0.5, 0.6) is 0 Å². The first kappa shape index (κ1) is 11.2. The van der Waals surface area contributed by atoms with Gasteiger partial charge in [-0.15, -0.1) is 11.3 Å². The van der Waals surface area contributed by atoms with Crippen LogP contribution in [0.2, 0.25) is 0 Å². The molecule has 1 aliphatic heterocycles. The Hall–Kier alpha value is -1.92. The highest BCUT2D eigenvalue weighted by atomic mass is 32.1. The molecule has 4 N–H and O–H groups in total. The van der Waals surface area contributed by atoms with Crippen LogP contribution in [0.15, 0.2) is 23.6 Å². The van der Waals surface area contributed by atoms with Gasteiger partial charge in [0.05, 0.1) is 0 Å². The van der Waals surface area contributed by atoms with Gasteiger partial charge in [-0.25, -0.2) is 10.8 Å². The van der Waals surface area contributed by atoms with E-state index in [0.29, 0.717) is 12.2 Å². The molecule has 0 bridgehead atoms. The molecule has 0 spiro atoms. The Morgan fingerprint density at radius 3 is 3.06 bits per heavy atom. The van der Waals surface area contributed by atoms with Gasteiger partial charge in [-0.2, -0.15) is 0 Å². The van der Waals surface area contributed by atoms with E-state index in [-0.39, 0.29) is 5.91 Å². The van der Waals surface area contributed by atoms with Crippen LogP contribution in [0, 0.1) is 0 Å². The van der Waals surface area contributed by atoms with Gasteiger partial charge in [0.15, 0.2) is 5.82 Å². The average Bonchev–Trinajstić information content (AvgIpc) is 2.87. The number of carbonyl (C=O) groups is 1. The zero-order valence-corrected chi connectivity index (χ0v) is 10.4. The van der Waals surface area contributed by atoms with E-state index in [4.69, 9.17) is 5.84 Å². The molecule has 3 rings (SSSR count). The van der Waals surface area contributed by atoms with E-state index < -0.39 is 0 Å². The highest BCUT2D eigenvalue weighted by molar-refractivity contribution is 7.13. The molecule has 2 heterocycles. The highest BCUT2D eigenvalue weighted by Gasteiger charge is 2.15. The minimum Gasteiger partial charge on any atom is -0.326 e. The number of carbonyl (C=O) groups excluding carboxylic acids is 1. The molecule has 92 valence electrons. The third kappa shape index (κ3) is 1.96. The average molecular weight is 260 g/mol. The minimum atomic E-state index is 0.0825. The predicted molar refractivity (Wildman–Crippen MR) is 72.3 cm³/mol. The van der Waals surface area contributed by atoms with Gasteiger partial charge in [0, 0.05) is 23.1 Å². The summed E-state index contributed by atoms with van der Waals surface area (Å²) in [7, 11) is 0. The van der Waals surface area contributed by atoms with Crippen molar-refractivity contribution in [3.63, 3.8) is 0 Å². The molecule has 0 unspecified atom stereocenters. The molecular formula is C12H12N4OS. The van der Waals surface area contributed by atoms with E-state index >= 15 is 0 Å². The third-order valence-corrected chi connectivity index (χ3v) is 3.79. The number of hydrazine groups is 1. The molecule has 0 fully saturated rings. The Kier molecular flexibility index (Phi) is 2.73. The number of nitrogens with one attached hydrogen (secondary N) is 2. The van der Waals surface area contributed by atoms with E-state index in [9.17, 15) is 4.79 Å². The largest absolute Gasteiger partial charge is 0.326 e. The summed E-state index contributed by atoms with van der Waals surface area (Å²) >= 11 is 1.54. The molecule has 1 aromatic carbocycles. The van der Waals surface area contributed by atoms with Crippen molar-refractivity contribution in [2.75, 3.05) is 10.7 Å². The molecule has 0 aliphatic carbocycles. The molecule has 6 heteroatoms. The number of hydrogen-bond acceptors (Lipinski definition) is 5. The lowest BCUT2D eigenvalue weighted by molar-refractivity contribution is -0.116. The fourth-order valence-corrected chi connectivity index (χ4v) is 2.75. The SMILES string of the molecule is NNc1csc(-c2ccc3c(c2)CCC(=O)N3)n1. The number of benzene rings is 1. The van der Waals surface area contributed by atoms with Crippen molar-refractivity contribution >= 4 is 28.7 Å². The van der Waals surface area contributed by atoms with E-state index in [0.717, 1.165) is 28.2 Å². The summed E-state index contributed by atoms with van der Waals surface area (Å²) in [6.07, 6.45) is 1.33. The minimum absolute atomic E-state index is 0.0825. The monoisotopic (exact) mass is 260 g/mol. The van der Waals surface area contributed by atoms with E-state index in [1.54, 1.807) is 0 Å². The molecular weight excluding hydrogens is 248 g/mol.